The van der Waals surface area contributed by atoms with Crippen LogP contribution in [0.3, 0.4) is 0 Å². The topological polar surface area (TPSA) is 244 Å². The highest BCUT2D eigenvalue weighted by Gasteiger charge is 2.29. The Bertz CT molecular complexity index is 849. The van der Waals surface area contributed by atoms with Gasteiger partial charge in [-0.1, -0.05) is 0 Å². The normalized spacial score (nSPS) is 14.2. The van der Waals surface area contributed by atoms with E-state index in [0.717, 1.165) is 0 Å². The first-order valence-electron chi connectivity index (χ1n) is 10.2. The maximum Gasteiger partial charge on any atom is 0.326 e. The average Bonchev–Trinajstić information content (AvgIpc) is 3.30. The first-order valence-corrected chi connectivity index (χ1v) is 11.5. The smallest absolute Gasteiger partial charge is 0.326 e. The van der Waals surface area contributed by atoms with Crippen LogP contribution in [-0.2, 0) is 25.6 Å². The number of amides is 3. The maximum absolute atomic E-state index is 12.6. The molecule has 0 fully saturated rings. The van der Waals surface area contributed by atoms with Gasteiger partial charge in [-0.2, -0.15) is 25.3 Å². The molecule has 0 saturated heterocycles. The number of H-pyrrole nitrogens is 1. The standard InChI is InChI=1S/C18H31N9O5S2/c19-10(2-1-3-23-18(20)21)14(28)26-12(6-33)16(30)27-13(7-34)15(29)25-11(17(31)32)4-9-5-22-8-24-9/h5,8,10-13,33-34H,1-4,6-7,19H2,(H,22,24)(H,25,29)(H,26,28)(H,27,30)(H,31,32)(H4,20,21,23). The molecule has 1 rings (SSSR count). The van der Waals surface area contributed by atoms with Gasteiger partial charge in [-0.15, -0.1) is 0 Å². The number of nitrogens with one attached hydrogen (secondary N) is 4. The van der Waals surface area contributed by atoms with Gasteiger partial charge >= 0.3 is 5.97 Å². The Morgan fingerprint density at radius 1 is 1.03 bits per heavy atom. The van der Waals surface area contributed by atoms with Crippen LogP contribution in [-0.4, -0.2) is 86.9 Å². The highest BCUT2D eigenvalue weighted by Crippen LogP contribution is 2.02. The number of thiol groups is 2. The summed E-state index contributed by atoms with van der Waals surface area (Å²) in [6.45, 7) is 0.302. The summed E-state index contributed by atoms with van der Waals surface area (Å²) in [4.78, 5) is 59.4. The number of guanidine groups is 1. The van der Waals surface area contributed by atoms with Crippen LogP contribution < -0.4 is 33.2 Å². The van der Waals surface area contributed by atoms with E-state index in [9.17, 15) is 24.3 Å². The summed E-state index contributed by atoms with van der Waals surface area (Å²) in [6.07, 6.45) is 3.51. The lowest BCUT2D eigenvalue weighted by Crippen LogP contribution is -2.58. The fourth-order valence-corrected chi connectivity index (χ4v) is 3.19. The van der Waals surface area contributed by atoms with Gasteiger partial charge in [0, 0.05) is 36.4 Å². The number of aromatic nitrogens is 2. The Morgan fingerprint density at radius 3 is 2.06 bits per heavy atom. The van der Waals surface area contributed by atoms with Crippen LogP contribution in [0.4, 0.5) is 0 Å². The van der Waals surface area contributed by atoms with Gasteiger partial charge < -0.3 is 43.2 Å². The summed E-state index contributed by atoms with van der Waals surface area (Å²) in [6, 6.07) is -4.42. The van der Waals surface area contributed by atoms with Gasteiger partial charge in [0.05, 0.1) is 12.4 Å². The summed E-state index contributed by atoms with van der Waals surface area (Å²) in [5.74, 6) is -3.56. The number of nitrogens with two attached hydrogens (primary N) is 3. The van der Waals surface area contributed by atoms with Crippen LogP contribution in [0.15, 0.2) is 17.5 Å². The molecule has 4 unspecified atom stereocenters. The molecule has 190 valence electrons. The molecule has 0 radical (unpaired) electrons. The lowest BCUT2D eigenvalue weighted by atomic mass is 10.1. The van der Waals surface area contributed by atoms with Gasteiger partial charge in [-0.05, 0) is 12.8 Å². The van der Waals surface area contributed by atoms with E-state index >= 15 is 0 Å². The maximum atomic E-state index is 12.6. The predicted octanol–water partition coefficient (Wildman–Crippen LogP) is -3.27. The van der Waals surface area contributed by atoms with Crippen molar-refractivity contribution in [2.75, 3.05) is 18.1 Å². The van der Waals surface area contributed by atoms with Crippen LogP contribution in [0, 0.1) is 0 Å². The van der Waals surface area contributed by atoms with Crippen molar-refractivity contribution >= 4 is 54.9 Å². The molecule has 0 aliphatic carbocycles. The quantitative estimate of drug-likeness (QED) is 0.0484. The molecule has 34 heavy (non-hydrogen) atoms. The number of carbonyl (C=O) groups is 4. The zero-order chi connectivity index (χ0) is 25.7. The van der Waals surface area contributed by atoms with Gasteiger partial charge in [0.2, 0.25) is 17.7 Å². The molecule has 0 spiro atoms. The average molecular weight is 518 g/mol. The number of carbonyl (C=O) groups excluding carboxylic acids is 3. The molecule has 0 aliphatic heterocycles. The SMILES string of the molecule is NC(N)=NCCCC(N)C(=O)NC(CS)C(=O)NC(CS)C(=O)NC(Cc1cnc[nH]1)C(=O)O. The van der Waals surface area contributed by atoms with E-state index in [1.54, 1.807) is 0 Å². The fourth-order valence-electron chi connectivity index (χ4n) is 2.68. The Morgan fingerprint density at radius 2 is 1.59 bits per heavy atom. The fraction of sp³-hybridized carbons (Fsp3) is 0.556. The van der Waals surface area contributed by atoms with Crippen molar-refractivity contribution in [1.82, 2.24) is 25.9 Å². The van der Waals surface area contributed by atoms with Crippen molar-refractivity contribution in [2.24, 2.45) is 22.2 Å². The van der Waals surface area contributed by atoms with E-state index < -0.39 is 47.9 Å². The van der Waals surface area contributed by atoms with E-state index in [4.69, 9.17) is 17.2 Å². The Labute approximate surface area is 207 Å². The number of hydrogen-bond acceptors (Lipinski definition) is 9. The molecule has 0 aromatic carbocycles. The van der Waals surface area contributed by atoms with Crippen LogP contribution >= 0.6 is 25.3 Å². The Hall–Kier alpha value is -2.98. The van der Waals surface area contributed by atoms with E-state index in [1.165, 1.54) is 12.5 Å². The first kappa shape index (κ1) is 29.1. The Balaban J connectivity index is 2.65. The molecule has 0 aliphatic rings. The highest BCUT2D eigenvalue weighted by molar-refractivity contribution is 7.80. The summed E-state index contributed by atoms with van der Waals surface area (Å²) >= 11 is 8.13. The number of imidazole rings is 1. The predicted molar refractivity (Wildman–Crippen MR) is 131 cm³/mol. The van der Waals surface area contributed by atoms with Gasteiger partial charge in [-0.25, -0.2) is 9.78 Å². The van der Waals surface area contributed by atoms with Crippen LogP contribution in [0.2, 0.25) is 0 Å². The minimum Gasteiger partial charge on any atom is -0.480 e. The minimum absolute atomic E-state index is 0.0370. The number of hydrogen-bond donors (Lipinski definition) is 10. The molecular formula is C18H31N9O5S2. The van der Waals surface area contributed by atoms with Gasteiger partial charge in [0.15, 0.2) is 5.96 Å². The number of carboxylic acid groups (broad SMARTS) is 1. The summed E-state index contributed by atoms with van der Waals surface area (Å²) < 4.78 is 0. The van der Waals surface area contributed by atoms with Gasteiger partial charge in [-0.3, -0.25) is 19.4 Å². The molecule has 3 amide bonds. The first-order chi connectivity index (χ1) is 16.1. The van der Waals surface area contributed by atoms with E-state index in [2.05, 4.69) is 56.2 Å². The third kappa shape index (κ3) is 10.3. The van der Waals surface area contributed by atoms with Crippen molar-refractivity contribution in [1.29, 1.82) is 0 Å². The number of aliphatic imine (C=N–C) groups is 1. The number of carboxylic acids is 1. The molecule has 11 N–H and O–H groups in total. The summed E-state index contributed by atoms with van der Waals surface area (Å²) in [5, 5.41) is 16.7. The summed E-state index contributed by atoms with van der Waals surface area (Å²) in [7, 11) is 0. The van der Waals surface area contributed by atoms with Crippen molar-refractivity contribution < 1.29 is 24.3 Å². The number of rotatable bonds is 15. The van der Waals surface area contributed by atoms with Crippen molar-refractivity contribution in [3.8, 4) is 0 Å². The number of aromatic amines is 1. The number of nitrogens with zero attached hydrogens (tertiary/aromatic N) is 2. The summed E-state index contributed by atoms with van der Waals surface area (Å²) in [5.41, 5.74) is 16.8. The molecular weight excluding hydrogens is 486 g/mol. The monoisotopic (exact) mass is 517 g/mol. The number of aliphatic carboxylic acids is 1. The van der Waals surface area contributed by atoms with E-state index in [-0.39, 0.29) is 30.3 Å². The zero-order valence-corrected chi connectivity index (χ0v) is 20.1. The lowest BCUT2D eigenvalue weighted by molar-refractivity contribution is -0.142. The van der Waals surface area contributed by atoms with Crippen LogP contribution in [0.5, 0.6) is 0 Å². The second kappa shape index (κ2) is 15.0. The molecule has 1 aromatic heterocycles. The zero-order valence-electron chi connectivity index (χ0n) is 18.3. The van der Waals surface area contributed by atoms with Gasteiger partial charge in [0.25, 0.3) is 0 Å². The van der Waals surface area contributed by atoms with Gasteiger partial charge in [0.1, 0.15) is 18.1 Å². The van der Waals surface area contributed by atoms with E-state index in [0.29, 0.717) is 18.7 Å². The molecule has 0 saturated carbocycles. The molecule has 1 aromatic rings. The second-order valence-electron chi connectivity index (χ2n) is 7.22. The molecule has 1 heterocycles. The van der Waals surface area contributed by atoms with Crippen molar-refractivity contribution in [3.05, 3.63) is 18.2 Å². The molecule has 16 heteroatoms. The van der Waals surface area contributed by atoms with Crippen LogP contribution in [0.25, 0.3) is 0 Å². The molecule has 4 atom stereocenters. The minimum atomic E-state index is -1.26. The third-order valence-corrected chi connectivity index (χ3v) is 5.26. The third-order valence-electron chi connectivity index (χ3n) is 4.53. The Kier molecular flexibility index (Phi) is 12.8. The highest BCUT2D eigenvalue weighted by atomic mass is 32.1. The second-order valence-corrected chi connectivity index (χ2v) is 7.95. The van der Waals surface area contributed by atoms with Crippen LogP contribution in [0.1, 0.15) is 18.5 Å². The molecule has 0 bridgehead atoms. The largest absolute Gasteiger partial charge is 0.480 e. The van der Waals surface area contributed by atoms with Crippen molar-refractivity contribution in [2.45, 2.75) is 43.4 Å². The lowest BCUT2D eigenvalue weighted by Gasteiger charge is -2.23. The molecule has 14 nitrogen and oxygen atoms in total. The van der Waals surface area contributed by atoms with Crippen molar-refractivity contribution in [3.63, 3.8) is 0 Å². The van der Waals surface area contributed by atoms with E-state index in [1.807, 2.05) is 0 Å².